The molecule has 1 aromatic carbocycles. The van der Waals surface area contributed by atoms with Crippen LogP contribution in [-0.4, -0.2) is 46.5 Å². The average molecular weight is 422 g/mol. The molecule has 1 saturated heterocycles. The number of rotatable bonds is 7. The largest absolute Gasteiger partial charge is 0.487 e. The number of oxazole rings is 1. The molecular weight excluding hydrogens is 394 g/mol. The van der Waals surface area contributed by atoms with Gasteiger partial charge in [0.2, 0.25) is 0 Å². The third kappa shape index (κ3) is 5.16. The first-order chi connectivity index (χ1) is 14.2. The summed E-state index contributed by atoms with van der Waals surface area (Å²) >= 11 is 0. The lowest BCUT2D eigenvalue weighted by Gasteiger charge is -2.35. The summed E-state index contributed by atoms with van der Waals surface area (Å²) in [5.74, 6) is 0.924. The molecule has 1 aliphatic rings. The molecule has 8 heteroatoms. The summed E-state index contributed by atoms with van der Waals surface area (Å²) in [6.07, 6.45) is 0.417. The topological polar surface area (TPSA) is 75.8 Å². The van der Waals surface area contributed by atoms with Crippen molar-refractivity contribution in [1.29, 1.82) is 0 Å². The Morgan fingerprint density at radius 1 is 1.37 bits per heavy atom. The van der Waals surface area contributed by atoms with Crippen LogP contribution in [0.25, 0.3) is 0 Å². The minimum Gasteiger partial charge on any atom is -0.487 e. The summed E-state index contributed by atoms with van der Waals surface area (Å²) < 4.78 is 36.1. The van der Waals surface area contributed by atoms with Gasteiger partial charge in [0, 0.05) is 19.0 Å². The van der Waals surface area contributed by atoms with Crippen molar-refractivity contribution in [2.75, 3.05) is 13.2 Å². The normalized spacial score (nSPS) is 17.4. The first-order valence-corrected chi connectivity index (χ1v) is 10.2. The van der Waals surface area contributed by atoms with Crippen LogP contribution in [0.15, 0.2) is 28.7 Å². The highest BCUT2D eigenvalue weighted by atomic mass is 19.3. The minimum atomic E-state index is -2.62. The van der Waals surface area contributed by atoms with E-state index in [0.717, 1.165) is 19.3 Å². The number of aromatic nitrogens is 1. The van der Waals surface area contributed by atoms with E-state index in [1.807, 2.05) is 0 Å². The lowest BCUT2D eigenvalue weighted by Crippen LogP contribution is -2.45. The second-order valence-corrected chi connectivity index (χ2v) is 8.12. The summed E-state index contributed by atoms with van der Waals surface area (Å²) in [5, 5.41) is 10.2. The number of piperidine rings is 1. The Bertz CT molecular complexity index is 876. The van der Waals surface area contributed by atoms with Gasteiger partial charge in [-0.3, -0.25) is 4.79 Å². The van der Waals surface area contributed by atoms with E-state index in [9.17, 15) is 18.7 Å². The second-order valence-electron chi connectivity index (χ2n) is 8.12. The van der Waals surface area contributed by atoms with Gasteiger partial charge in [-0.05, 0) is 52.2 Å². The van der Waals surface area contributed by atoms with Crippen LogP contribution in [0.1, 0.15) is 60.8 Å². The van der Waals surface area contributed by atoms with Gasteiger partial charge < -0.3 is 19.2 Å². The number of hydrogen-bond acceptors (Lipinski definition) is 5. The van der Waals surface area contributed by atoms with E-state index in [-0.39, 0.29) is 23.3 Å². The molecular formula is C22H28F2N2O4. The molecule has 30 heavy (non-hydrogen) atoms. The number of alkyl halides is 2. The first kappa shape index (κ1) is 22.2. The van der Waals surface area contributed by atoms with Crippen LogP contribution >= 0.6 is 0 Å². The zero-order chi connectivity index (χ0) is 21.9. The number of likely N-dealkylation sites (tertiary alicyclic amines) is 1. The van der Waals surface area contributed by atoms with Crippen LogP contribution in [0.5, 0.6) is 5.75 Å². The van der Waals surface area contributed by atoms with Crippen molar-refractivity contribution in [2.24, 2.45) is 0 Å². The number of para-hydroxylation sites is 1. The van der Waals surface area contributed by atoms with E-state index in [2.05, 4.69) is 4.98 Å². The van der Waals surface area contributed by atoms with Crippen molar-refractivity contribution >= 4 is 5.91 Å². The highest BCUT2D eigenvalue weighted by Crippen LogP contribution is 2.29. The van der Waals surface area contributed by atoms with E-state index in [1.54, 1.807) is 43.9 Å². The molecule has 3 rings (SSSR count). The summed E-state index contributed by atoms with van der Waals surface area (Å²) in [5.41, 5.74) is -0.364. The fraction of sp³-hybridized carbons (Fsp3) is 0.545. The summed E-state index contributed by atoms with van der Waals surface area (Å²) in [6.45, 7) is 4.85. The SMILES string of the molecule is Cc1oc(CC2CCCCN2C(=O)c2ccccc2OCC(F)F)nc1C(C)(C)O. The molecule has 1 fully saturated rings. The Labute approximate surface area is 174 Å². The van der Waals surface area contributed by atoms with Crippen molar-refractivity contribution in [1.82, 2.24) is 9.88 Å². The van der Waals surface area contributed by atoms with Crippen LogP contribution < -0.4 is 4.74 Å². The molecule has 1 amide bonds. The number of aryl methyl sites for hydroxylation is 1. The molecule has 2 heterocycles. The zero-order valence-electron chi connectivity index (χ0n) is 17.5. The van der Waals surface area contributed by atoms with Crippen molar-refractivity contribution in [2.45, 2.75) is 64.5 Å². The van der Waals surface area contributed by atoms with E-state index in [0.29, 0.717) is 30.3 Å². The molecule has 1 aliphatic heterocycles. The quantitative estimate of drug-likeness (QED) is 0.727. The lowest BCUT2D eigenvalue weighted by atomic mass is 9.98. The van der Waals surface area contributed by atoms with E-state index in [1.165, 1.54) is 6.07 Å². The van der Waals surface area contributed by atoms with Gasteiger partial charge in [0.05, 0.1) is 5.56 Å². The molecule has 164 valence electrons. The van der Waals surface area contributed by atoms with Crippen LogP contribution in [0.4, 0.5) is 8.78 Å². The molecule has 1 atom stereocenters. The summed E-state index contributed by atoms with van der Waals surface area (Å²) in [7, 11) is 0. The smallest absolute Gasteiger partial charge is 0.272 e. The number of ether oxygens (including phenoxy) is 1. The predicted octanol–water partition coefficient (Wildman–Crippen LogP) is 4.09. The Balaban J connectivity index is 1.80. The number of hydrogen-bond donors (Lipinski definition) is 1. The Morgan fingerprint density at radius 2 is 2.10 bits per heavy atom. The highest BCUT2D eigenvalue weighted by Gasteiger charge is 2.32. The van der Waals surface area contributed by atoms with Crippen molar-refractivity contribution in [3.05, 3.63) is 47.2 Å². The molecule has 0 radical (unpaired) electrons. The number of carbonyl (C=O) groups excluding carboxylic acids is 1. The maximum absolute atomic E-state index is 13.3. The van der Waals surface area contributed by atoms with Crippen LogP contribution in [0.3, 0.4) is 0 Å². The first-order valence-electron chi connectivity index (χ1n) is 10.2. The molecule has 0 saturated carbocycles. The van der Waals surface area contributed by atoms with Gasteiger partial charge in [0.1, 0.15) is 29.4 Å². The summed E-state index contributed by atoms with van der Waals surface area (Å²) in [6, 6.07) is 6.33. The van der Waals surface area contributed by atoms with Gasteiger partial charge in [-0.1, -0.05) is 12.1 Å². The number of amides is 1. The summed E-state index contributed by atoms with van der Waals surface area (Å²) in [4.78, 5) is 19.5. The fourth-order valence-corrected chi connectivity index (χ4v) is 3.86. The molecule has 1 unspecified atom stereocenters. The van der Waals surface area contributed by atoms with Crippen molar-refractivity contribution in [3.8, 4) is 5.75 Å². The molecule has 0 spiro atoms. The molecule has 6 nitrogen and oxygen atoms in total. The van der Waals surface area contributed by atoms with Gasteiger partial charge in [-0.25, -0.2) is 13.8 Å². The molecule has 0 aliphatic carbocycles. The van der Waals surface area contributed by atoms with Crippen molar-refractivity contribution in [3.63, 3.8) is 0 Å². The number of aliphatic hydroxyl groups is 1. The molecule has 1 N–H and O–H groups in total. The molecule has 1 aromatic heterocycles. The Hall–Kier alpha value is -2.48. The Kier molecular flexibility index (Phi) is 6.75. The number of halogens is 2. The van der Waals surface area contributed by atoms with Crippen LogP contribution in [-0.2, 0) is 12.0 Å². The minimum absolute atomic E-state index is 0.137. The lowest BCUT2D eigenvalue weighted by molar-refractivity contribution is 0.0583. The monoisotopic (exact) mass is 422 g/mol. The van der Waals surface area contributed by atoms with Crippen molar-refractivity contribution < 1.29 is 27.8 Å². The zero-order valence-corrected chi connectivity index (χ0v) is 17.5. The average Bonchev–Trinajstić information content (AvgIpc) is 3.07. The van der Waals surface area contributed by atoms with Crippen LogP contribution in [0.2, 0.25) is 0 Å². The second kappa shape index (κ2) is 9.12. The standard InChI is InChI=1S/C22H28F2N2O4/c1-14-20(22(2,3)28)25-19(30-14)12-15-8-6-7-11-26(15)21(27)16-9-4-5-10-17(16)29-13-18(23)24/h4-5,9-10,15,18,28H,6-8,11-13H2,1-3H3. The number of carbonyl (C=O) groups is 1. The van der Waals surface area contributed by atoms with E-state index < -0.39 is 18.6 Å². The highest BCUT2D eigenvalue weighted by molar-refractivity contribution is 5.97. The number of benzene rings is 1. The molecule has 0 bridgehead atoms. The van der Waals surface area contributed by atoms with Crippen LogP contribution in [0, 0.1) is 6.92 Å². The third-order valence-electron chi connectivity index (χ3n) is 5.20. The van der Waals surface area contributed by atoms with Gasteiger partial charge >= 0.3 is 0 Å². The third-order valence-corrected chi connectivity index (χ3v) is 5.20. The van der Waals surface area contributed by atoms with Gasteiger partial charge in [0.25, 0.3) is 12.3 Å². The predicted molar refractivity (Wildman–Crippen MR) is 107 cm³/mol. The van der Waals surface area contributed by atoms with Gasteiger partial charge in [-0.2, -0.15) is 0 Å². The van der Waals surface area contributed by atoms with E-state index >= 15 is 0 Å². The van der Waals surface area contributed by atoms with Gasteiger partial charge in [-0.15, -0.1) is 0 Å². The Morgan fingerprint density at radius 3 is 2.77 bits per heavy atom. The fourth-order valence-electron chi connectivity index (χ4n) is 3.86. The maximum atomic E-state index is 13.3. The maximum Gasteiger partial charge on any atom is 0.272 e. The molecule has 2 aromatic rings. The number of nitrogens with zero attached hydrogens (tertiary/aromatic N) is 2. The van der Waals surface area contributed by atoms with Gasteiger partial charge in [0.15, 0.2) is 5.89 Å². The van der Waals surface area contributed by atoms with E-state index in [4.69, 9.17) is 9.15 Å².